The first-order valence-corrected chi connectivity index (χ1v) is 9.58. The molecule has 2 aromatic carbocycles. The van der Waals surface area contributed by atoms with Crippen LogP contribution in [0.1, 0.15) is 23.2 Å². The van der Waals surface area contributed by atoms with E-state index in [9.17, 15) is 14.4 Å². The lowest BCUT2D eigenvalue weighted by molar-refractivity contribution is -0.147. The summed E-state index contributed by atoms with van der Waals surface area (Å²) in [5.74, 6) is -1.70. The molecule has 2 heterocycles. The summed E-state index contributed by atoms with van der Waals surface area (Å²) in [6, 6.07) is 12.8. The van der Waals surface area contributed by atoms with Crippen molar-refractivity contribution in [2.45, 2.75) is 18.9 Å². The molecule has 0 radical (unpaired) electrons. The highest BCUT2D eigenvalue weighted by Gasteiger charge is 2.33. The Labute approximate surface area is 159 Å². The Balaban J connectivity index is 1.47. The summed E-state index contributed by atoms with van der Waals surface area (Å²) in [6.07, 6.45) is 1.12. The smallest absolute Gasteiger partial charge is 0.326 e. The van der Waals surface area contributed by atoms with E-state index in [1.54, 1.807) is 17.4 Å². The first-order valence-electron chi connectivity index (χ1n) is 8.76. The van der Waals surface area contributed by atoms with Gasteiger partial charge in [-0.1, -0.05) is 24.3 Å². The predicted octanol–water partition coefficient (Wildman–Crippen LogP) is 2.86. The van der Waals surface area contributed by atoms with Gasteiger partial charge in [-0.15, -0.1) is 11.3 Å². The van der Waals surface area contributed by atoms with Crippen molar-refractivity contribution in [1.29, 1.82) is 0 Å². The normalized spacial score (nSPS) is 16.7. The molecule has 1 aliphatic rings. The molecule has 0 unspecified atom stereocenters. The lowest BCUT2D eigenvalue weighted by Gasteiger charge is -2.21. The third kappa shape index (κ3) is 3.26. The van der Waals surface area contributed by atoms with E-state index in [1.165, 1.54) is 4.90 Å². The van der Waals surface area contributed by atoms with Crippen LogP contribution in [0.15, 0.2) is 42.5 Å². The fraction of sp³-hybridized carbons (Fsp3) is 0.250. The molecule has 0 bridgehead atoms. The molecule has 7 heteroatoms. The number of likely N-dealkylation sites (tertiary alicyclic amines) is 1. The predicted molar refractivity (Wildman–Crippen MR) is 104 cm³/mol. The number of aliphatic carboxylic acids is 1. The topological polar surface area (TPSA) is 86.7 Å². The van der Waals surface area contributed by atoms with Crippen LogP contribution in [0.25, 0.3) is 20.2 Å². The first kappa shape index (κ1) is 17.5. The molecule has 27 heavy (non-hydrogen) atoms. The number of amides is 2. The number of nitrogens with zero attached hydrogens (tertiary/aromatic N) is 1. The fourth-order valence-electron chi connectivity index (χ4n) is 3.55. The van der Waals surface area contributed by atoms with Gasteiger partial charge in [0.1, 0.15) is 6.04 Å². The number of carboxylic acids is 1. The van der Waals surface area contributed by atoms with Gasteiger partial charge in [0, 0.05) is 32.3 Å². The van der Waals surface area contributed by atoms with Gasteiger partial charge in [-0.2, -0.15) is 0 Å². The van der Waals surface area contributed by atoms with Gasteiger partial charge in [0.15, 0.2) is 0 Å². The van der Waals surface area contributed by atoms with E-state index in [0.29, 0.717) is 24.9 Å². The molecule has 2 N–H and O–H groups in total. The van der Waals surface area contributed by atoms with Crippen LogP contribution in [0.4, 0.5) is 0 Å². The SMILES string of the molecule is O=C(NCC(=O)N1CCC[C@H]1C(=O)O)c1ccc2c(c1)sc1ccccc12. The Morgan fingerprint density at radius 1 is 1.11 bits per heavy atom. The summed E-state index contributed by atoms with van der Waals surface area (Å²) < 4.78 is 2.18. The number of nitrogens with one attached hydrogen (secondary N) is 1. The van der Waals surface area contributed by atoms with Crippen molar-refractivity contribution in [2.24, 2.45) is 0 Å². The molecule has 0 saturated carbocycles. The van der Waals surface area contributed by atoms with E-state index in [4.69, 9.17) is 5.11 Å². The van der Waals surface area contributed by atoms with E-state index < -0.39 is 12.0 Å². The van der Waals surface area contributed by atoms with Crippen LogP contribution in [0.3, 0.4) is 0 Å². The molecule has 1 aliphatic heterocycles. The fourth-order valence-corrected chi connectivity index (χ4v) is 4.69. The third-order valence-corrected chi connectivity index (χ3v) is 6.03. The summed E-state index contributed by atoms with van der Waals surface area (Å²) in [7, 11) is 0. The number of fused-ring (bicyclic) bond motifs is 3. The van der Waals surface area contributed by atoms with Crippen molar-refractivity contribution in [3.8, 4) is 0 Å². The summed E-state index contributed by atoms with van der Waals surface area (Å²) in [4.78, 5) is 37.2. The Morgan fingerprint density at radius 2 is 1.89 bits per heavy atom. The first-order chi connectivity index (χ1) is 13.0. The van der Waals surface area contributed by atoms with E-state index in [1.807, 2.05) is 30.3 Å². The average molecular weight is 382 g/mol. The number of hydrogen-bond donors (Lipinski definition) is 2. The average Bonchev–Trinajstić information content (AvgIpc) is 3.30. The highest BCUT2D eigenvalue weighted by atomic mass is 32.1. The number of rotatable bonds is 4. The number of thiophene rings is 1. The summed E-state index contributed by atoms with van der Waals surface area (Å²) in [5.41, 5.74) is 0.484. The van der Waals surface area contributed by atoms with Gasteiger partial charge in [-0.05, 0) is 31.0 Å². The Hall–Kier alpha value is -2.93. The molecule has 0 spiro atoms. The van der Waals surface area contributed by atoms with Gasteiger partial charge in [0.25, 0.3) is 5.91 Å². The molecular formula is C20H18N2O4S. The van der Waals surface area contributed by atoms with Crippen LogP contribution in [0.5, 0.6) is 0 Å². The second kappa shape index (κ2) is 7.00. The second-order valence-corrected chi connectivity index (χ2v) is 7.66. The van der Waals surface area contributed by atoms with E-state index in [2.05, 4.69) is 11.4 Å². The maximum Gasteiger partial charge on any atom is 0.326 e. The van der Waals surface area contributed by atoms with Gasteiger partial charge in [0.2, 0.25) is 5.91 Å². The number of carbonyl (C=O) groups is 3. The molecule has 6 nitrogen and oxygen atoms in total. The van der Waals surface area contributed by atoms with Crippen molar-refractivity contribution < 1.29 is 19.5 Å². The Bertz CT molecular complexity index is 1060. The summed E-state index contributed by atoms with van der Waals surface area (Å²) in [6.45, 7) is 0.215. The van der Waals surface area contributed by atoms with Crippen LogP contribution in [0.2, 0.25) is 0 Å². The van der Waals surface area contributed by atoms with Gasteiger partial charge in [-0.25, -0.2) is 4.79 Å². The molecule has 1 aromatic heterocycles. The highest BCUT2D eigenvalue weighted by Crippen LogP contribution is 2.34. The molecule has 1 fully saturated rings. The van der Waals surface area contributed by atoms with Gasteiger partial charge < -0.3 is 15.3 Å². The number of carboxylic acid groups (broad SMARTS) is 1. The largest absolute Gasteiger partial charge is 0.480 e. The Kier molecular flexibility index (Phi) is 4.53. The number of benzene rings is 2. The standard InChI is InChI=1S/C20H18N2O4S/c23-18(22-9-3-5-15(22)20(25)26)11-21-19(24)12-7-8-14-13-4-1-2-6-16(13)27-17(14)10-12/h1-2,4,6-8,10,15H,3,5,9,11H2,(H,21,24)(H,25,26)/t15-/m0/s1. The minimum absolute atomic E-state index is 0.201. The van der Waals surface area contributed by atoms with Crippen LogP contribution >= 0.6 is 11.3 Å². The number of carbonyl (C=O) groups excluding carboxylic acids is 2. The van der Waals surface area contributed by atoms with Crippen LogP contribution in [0, 0.1) is 0 Å². The van der Waals surface area contributed by atoms with E-state index in [0.717, 1.165) is 20.2 Å². The van der Waals surface area contributed by atoms with Gasteiger partial charge in [-0.3, -0.25) is 9.59 Å². The van der Waals surface area contributed by atoms with Crippen molar-refractivity contribution >= 4 is 49.3 Å². The molecule has 138 valence electrons. The monoisotopic (exact) mass is 382 g/mol. The van der Waals surface area contributed by atoms with Crippen molar-refractivity contribution in [1.82, 2.24) is 10.2 Å². The third-order valence-electron chi connectivity index (χ3n) is 4.90. The zero-order valence-corrected chi connectivity index (χ0v) is 15.3. The number of hydrogen-bond acceptors (Lipinski definition) is 4. The molecular weight excluding hydrogens is 364 g/mol. The van der Waals surface area contributed by atoms with Gasteiger partial charge >= 0.3 is 5.97 Å². The van der Waals surface area contributed by atoms with Gasteiger partial charge in [0.05, 0.1) is 6.54 Å². The van der Waals surface area contributed by atoms with E-state index in [-0.39, 0.29) is 18.4 Å². The van der Waals surface area contributed by atoms with Crippen LogP contribution in [-0.2, 0) is 9.59 Å². The maximum atomic E-state index is 12.4. The maximum absolute atomic E-state index is 12.4. The summed E-state index contributed by atoms with van der Waals surface area (Å²) >= 11 is 1.62. The van der Waals surface area contributed by atoms with Crippen molar-refractivity contribution in [3.63, 3.8) is 0 Å². The van der Waals surface area contributed by atoms with E-state index >= 15 is 0 Å². The quantitative estimate of drug-likeness (QED) is 0.726. The highest BCUT2D eigenvalue weighted by molar-refractivity contribution is 7.25. The molecule has 4 rings (SSSR count). The van der Waals surface area contributed by atoms with Crippen LogP contribution < -0.4 is 5.32 Å². The zero-order chi connectivity index (χ0) is 19.0. The molecule has 2 amide bonds. The minimum atomic E-state index is -0.998. The molecule has 3 aromatic rings. The second-order valence-electron chi connectivity index (χ2n) is 6.58. The van der Waals surface area contributed by atoms with Crippen molar-refractivity contribution in [3.05, 3.63) is 48.0 Å². The molecule has 1 atom stereocenters. The Morgan fingerprint density at radius 3 is 2.70 bits per heavy atom. The summed E-state index contributed by atoms with van der Waals surface area (Å²) in [5, 5.41) is 14.0. The lowest BCUT2D eigenvalue weighted by atomic mass is 10.1. The van der Waals surface area contributed by atoms with Crippen LogP contribution in [-0.4, -0.2) is 46.9 Å². The molecule has 0 aliphatic carbocycles. The van der Waals surface area contributed by atoms with Crippen molar-refractivity contribution in [2.75, 3.05) is 13.1 Å². The molecule has 1 saturated heterocycles. The zero-order valence-electron chi connectivity index (χ0n) is 14.5. The minimum Gasteiger partial charge on any atom is -0.480 e. The lowest BCUT2D eigenvalue weighted by Crippen LogP contribution is -2.45.